The van der Waals surface area contributed by atoms with Gasteiger partial charge in [0.05, 0.1) is 13.2 Å². The highest BCUT2D eigenvalue weighted by Crippen LogP contribution is 2.17. The molecular weight excluding hydrogens is 313 g/mol. The van der Waals surface area contributed by atoms with Crippen LogP contribution in [0.3, 0.4) is 0 Å². The van der Waals surface area contributed by atoms with E-state index in [-0.39, 0.29) is 30.7 Å². The summed E-state index contributed by atoms with van der Waals surface area (Å²) in [7, 11) is 0. The largest absolute Gasteiger partial charge is 0.379 e. The van der Waals surface area contributed by atoms with Gasteiger partial charge in [0.25, 0.3) is 0 Å². The molecule has 0 aliphatic carbocycles. The molecule has 2 N–H and O–H groups in total. The van der Waals surface area contributed by atoms with Crippen LogP contribution < -0.4 is 10.6 Å². The van der Waals surface area contributed by atoms with Crippen molar-refractivity contribution in [2.75, 3.05) is 52.5 Å². The monoisotopic (exact) mass is 341 g/mol. The Morgan fingerprint density at radius 2 is 1.86 bits per heavy atom. The molecule has 0 atom stereocenters. The molecule has 1 amide bonds. The molecule has 2 fully saturated rings. The second kappa shape index (κ2) is 12.5. The van der Waals surface area contributed by atoms with Crippen LogP contribution in [0.2, 0.25) is 0 Å². The van der Waals surface area contributed by atoms with Crippen LogP contribution in [0.5, 0.6) is 0 Å². The summed E-state index contributed by atoms with van der Waals surface area (Å²) in [6.07, 6.45) is 4.18. The minimum absolute atomic E-state index is 0. The highest BCUT2D eigenvalue weighted by Gasteiger charge is 2.14. The molecule has 0 spiro atoms. The maximum Gasteiger partial charge on any atom is 0.220 e. The van der Waals surface area contributed by atoms with Gasteiger partial charge in [0.2, 0.25) is 5.91 Å². The van der Waals surface area contributed by atoms with E-state index in [9.17, 15) is 4.79 Å². The summed E-state index contributed by atoms with van der Waals surface area (Å²) in [6.45, 7) is 7.57. The zero-order valence-corrected chi connectivity index (χ0v) is 14.3. The third-order valence-corrected chi connectivity index (χ3v) is 4.09. The van der Waals surface area contributed by atoms with Crippen LogP contribution in [0.15, 0.2) is 0 Å². The molecule has 7 heteroatoms. The van der Waals surface area contributed by atoms with Gasteiger partial charge in [-0.1, -0.05) is 0 Å². The van der Waals surface area contributed by atoms with E-state index < -0.39 is 0 Å². The number of hydrogen-bond acceptors (Lipinski definition) is 4. The summed E-state index contributed by atoms with van der Waals surface area (Å²) in [5, 5.41) is 6.39. The van der Waals surface area contributed by atoms with Crippen LogP contribution >= 0.6 is 24.8 Å². The number of nitrogens with one attached hydrogen (secondary N) is 2. The molecule has 0 bridgehead atoms. The molecule has 5 nitrogen and oxygen atoms in total. The van der Waals surface area contributed by atoms with Gasteiger partial charge in [-0.05, 0) is 38.3 Å². The van der Waals surface area contributed by atoms with Crippen molar-refractivity contribution < 1.29 is 9.53 Å². The number of carbonyl (C=O) groups excluding carboxylic acids is 1. The Bertz CT molecular complexity index is 271. The molecule has 0 saturated carbocycles. The van der Waals surface area contributed by atoms with Crippen molar-refractivity contribution >= 4 is 30.7 Å². The Morgan fingerprint density at radius 1 is 1.19 bits per heavy atom. The Kier molecular flexibility index (Phi) is 12.4. The minimum Gasteiger partial charge on any atom is -0.379 e. The zero-order chi connectivity index (χ0) is 13.3. The maximum atomic E-state index is 11.8. The molecule has 0 radical (unpaired) electrons. The number of amides is 1. The van der Waals surface area contributed by atoms with Gasteiger partial charge in [0.1, 0.15) is 0 Å². The Hall–Kier alpha value is -0.0700. The Balaban J connectivity index is 0.00000200. The number of piperidine rings is 1. The number of hydrogen-bond donors (Lipinski definition) is 2. The summed E-state index contributed by atoms with van der Waals surface area (Å²) in [5.41, 5.74) is 0. The quantitative estimate of drug-likeness (QED) is 0.758. The summed E-state index contributed by atoms with van der Waals surface area (Å²) in [4.78, 5) is 14.1. The molecule has 0 aromatic rings. The number of carbonyl (C=O) groups is 1. The lowest BCUT2D eigenvalue weighted by atomic mass is 9.93. The molecule has 0 aromatic heterocycles. The molecular formula is C14H29Cl2N3O2. The molecule has 21 heavy (non-hydrogen) atoms. The average molecular weight is 342 g/mol. The topological polar surface area (TPSA) is 53.6 Å². The van der Waals surface area contributed by atoms with Gasteiger partial charge in [0.15, 0.2) is 0 Å². The fraction of sp³-hybridized carbons (Fsp3) is 0.929. The van der Waals surface area contributed by atoms with Crippen LogP contribution in [0.4, 0.5) is 0 Å². The lowest BCUT2D eigenvalue weighted by Crippen LogP contribution is -2.41. The molecule has 2 aliphatic rings. The van der Waals surface area contributed by atoms with Crippen molar-refractivity contribution in [3.05, 3.63) is 0 Å². The van der Waals surface area contributed by atoms with Crippen molar-refractivity contribution in [3.8, 4) is 0 Å². The molecule has 2 saturated heterocycles. The van der Waals surface area contributed by atoms with Crippen LogP contribution in [0.25, 0.3) is 0 Å². The lowest BCUT2D eigenvalue weighted by Gasteiger charge is -2.26. The number of rotatable bonds is 6. The first-order valence-electron chi connectivity index (χ1n) is 7.62. The van der Waals surface area contributed by atoms with E-state index in [4.69, 9.17) is 4.74 Å². The minimum atomic E-state index is 0. The van der Waals surface area contributed by atoms with Gasteiger partial charge in [-0.15, -0.1) is 24.8 Å². The summed E-state index contributed by atoms with van der Waals surface area (Å²) >= 11 is 0. The van der Waals surface area contributed by atoms with Crippen molar-refractivity contribution in [2.24, 2.45) is 5.92 Å². The second-order valence-corrected chi connectivity index (χ2v) is 5.54. The second-order valence-electron chi connectivity index (χ2n) is 5.54. The van der Waals surface area contributed by atoms with Crippen molar-refractivity contribution in [2.45, 2.75) is 25.7 Å². The summed E-state index contributed by atoms with van der Waals surface area (Å²) in [5.74, 6) is 0.957. The SMILES string of the molecule is Cl.Cl.O=C(CCC1CCNCC1)NCCN1CCOCC1. The van der Waals surface area contributed by atoms with E-state index in [0.717, 1.165) is 64.8 Å². The highest BCUT2D eigenvalue weighted by atomic mass is 35.5. The molecule has 126 valence electrons. The van der Waals surface area contributed by atoms with Gasteiger partial charge in [-0.25, -0.2) is 0 Å². The normalized spacial score (nSPS) is 20.2. The molecule has 0 unspecified atom stereocenters. The molecule has 2 aliphatic heterocycles. The van der Waals surface area contributed by atoms with Crippen molar-refractivity contribution in [1.29, 1.82) is 0 Å². The molecule has 0 aromatic carbocycles. The number of halogens is 2. The third kappa shape index (κ3) is 8.83. The van der Waals surface area contributed by atoms with E-state index in [1.54, 1.807) is 0 Å². The van der Waals surface area contributed by atoms with Gasteiger partial charge < -0.3 is 15.4 Å². The van der Waals surface area contributed by atoms with E-state index >= 15 is 0 Å². The predicted octanol–water partition coefficient (Wildman–Crippen LogP) is 1.06. The van der Waals surface area contributed by atoms with Crippen molar-refractivity contribution in [1.82, 2.24) is 15.5 Å². The number of ether oxygens (including phenoxy) is 1. The van der Waals surface area contributed by atoms with Crippen LogP contribution in [0.1, 0.15) is 25.7 Å². The summed E-state index contributed by atoms with van der Waals surface area (Å²) < 4.78 is 5.30. The molecule has 2 rings (SSSR count). The first-order valence-corrected chi connectivity index (χ1v) is 7.62. The highest BCUT2D eigenvalue weighted by molar-refractivity contribution is 5.85. The van der Waals surface area contributed by atoms with Crippen LogP contribution in [0, 0.1) is 5.92 Å². The van der Waals surface area contributed by atoms with Gasteiger partial charge >= 0.3 is 0 Å². The zero-order valence-electron chi connectivity index (χ0n) is 12.6. The Labute approximate surface area is 140 Å². The van der Waals surface area contributed by atoms with E-state index in [1.165, 1.54) is 12.8 Å². The van der Waals surface area contributed by atoms with Crippen LogP contribution in [-0.2, 0) is 9.53 Å². The number of nitrogens with zero attached hydrogens (tertiary/aromatic N) is 1. The lowest BCUT2D eigenvalue weighted by molar-refractivity contribution is -0.121. The van der Waals surface area contributed by atoms with Gasteiger partial charge in [-0.2, -0.15) is 0 Å². The Morgan fingerprint density at radius 3 is 2.52 bits per heavy atom. The smallest absolute Gasteiger partial charge is 0.220 e. The fourth-order valence-corrected chi connectivity index (χ4v) is 2.77. The fourth-order valence-electron chi connectivity index (χ4n) is 2.77. The van der Waals surface area contributed by atoms with Gasteiger partial charge in [0, 0.05) is 32.6 Å². The van der Waals surface area contributed by atoms with Gasteiger partial charge in [-0.3, -0.25) is 9.69 Å². The standard InChI is InChI=1S/C14H27N3O2.2ClH/c18-14(2-1-13-3-5-15-6-4-13)16-7-8-17-9-11-19-12-10-17;;/h13,15H,1-12H2,(H,16,18);2*1H. The van der Waals surface area contributed by atoms with E-state index in [0.29, 0.717) is 6.42 Å². The average Bonchev–Trinajstić information content (AvgIpc) is 2.47. The summed E-state index contributed by atoms with van der Waals surface area (Å²) in [6, 6.07) is 0. The maximum absolute atomic E-state index is 11.8. The van der Waals surface area contributed by atoms with Crippen molar-refractivity contribution in [3.63, 3.8) is 0 Å². The predicted molar refractivity (Wildman–Crippen MR) is 89.6 cm³/mol. The third-order valence-electron chi connectivity index (χ3n) is 4.09. The molecule has 2 heterocycles. The first-order chi connectivity index (χ1) is 9.34. The first kappa shape index (κ1) is 20.9. The van der Waals surface area contributed by atoms with Crippen LogP contribution in [-0.4, -0.2) is 63.3 Å². The van der Waals surface area contributed by atoms with E-state index in [2.05, 4.69) is 15.5 Å². The number of morpholine rings is 1. The van der Waals surface area contributed by atoms with E-state index in [1.807, 2.05) is 0 Å².